The third-order valence-electron chi connectivity index (χ3n) is 5.45. The van der Waals surface area contributed by atoms with Crippen LogP contribution in [0.15, 0.2) is 76.5 Å². The lowest BCUT2D eigenvalue weighted by Crippen LogP contribution is -2.28. The van der Waals surface area contributed by atoms with Crippen molar-refractivity contribution in [2.75, 3.05) is 25.4 Å². The normalized spacial score (nSPS) is 11.8. The summed E-state index contributed by atoms with van der Waals surface area (Å²) in [6, 6.07) is 17.3. The molecule has 0 aliphatic heterocycles. The molecule has 0 aliphatic carbocycles. The predicted molar refractivity (Wildman–Crippen MR) is 138 cm³/mol. The topological polar surface area (TPSA) is 122 Å². The quantitative estimate of drug-likeness (QED) is 0.415. The summed E-state index contributed by atoms with van der Waals surface area (Å²) in [5.74, 6) is -0.0402. The van der Waals surface area contributed by atoms with E-state index in [0.29, 0.717) is 11.4 Å². The number of carbonyl (C=O) groups is 1. The van der Waals surface area contributed by atoms with Crippen LogP contribution >= 0.6 is 0 Å². The van der Waals surface area contributed by atoms with Crippen LogP contribution in [0.1, 0.15) is 16.7 Å². The molecular weight excluding hydrogens is 502 g/mol. The second-order valence-corrected chi connectivity index (χ2v) is 12.2. The zero-order valence-electron chi connectivity index (χ0n) is 20.5. The largest absolute Gasteiger partial charge is 0.484 e. The van der Waals surface area contributed by atoms with Gasteiger partial charge in [0.2, 0.25) is 10.0 Å². The van der Waals surface area contributed by atoms with Gasteiger partial charge in [-0.05, 0) is 79.1 Å². The molecule has 3 aromatic rings. The van der Waals surface area contributed by atoms with Crippen LogP contribution in [0, 0.1) is 13.8 Å². The van der Waals surface area contributed by atoms with E-state index in [1.54, 1.807) is 24.3 Å². The Hall–Kier alpha value is -3.41. The van der Waals surface area contributed by atoms with Gasteiger partial charge in [-0.3, -0.25) is 9.52 Å². The van der Waals surface area contributed by atoms with E-state index in [-0.39, 0.29) is 28.8 Å². The predicted octanol–water partition coefficient (Wildman–Crippen LogP) is 3.05. The van der Waals surface area contributed by atoms with Gasteiger partial charge in [-0.1, -0.05) is 18.2 Å². The average Bonchev–Trinajstić information content (AvgIpc) is 2.84. The number of rotatable bonds is 10. The first-order valence-electron chi connectivity index (χ1n) is 11.0. The van der Waals surface area contributed by atoms with Crippen molar-refractivity contribution >= 4 is 31.6 Å². The summed E-state index contributed by atoms with van der Waals surface area (Å²) in [5.41, 5.74) is 3.25. The summed E-state index contributed by atoms with van der Waals surface area (Å²) in [6.45, 7) is 3.79. The molecule has 0 saturated carbocycles. The van der Waals surface area contributed by atoms with Crippen molar-refractivity contribution in [3.05, 3.63) is 83.4 Å². The molecule has 0 aliphatic rings. The molecule has 36 heavy (non-hydrogen) atoms. The number of carbonyl (C=O) groups excluding carboxylic acids is 1. The fraction of sp³-hybridized carbons (Fsp3) is 0.240. The number of hydrogen-bond donors (Lipinski definition) is 2. The monoisotopic (exact) mass is 531 g/mol. The molecule has 0 atom stereocenters. The van der Waals surface area contributed by atoms with Crippen LogP contribution in [0.5, 0.6) is 5.75 Å². The van der Waals surface area contributed by atoms with Gasteiger partial charge in [-0.2, -0.15) is 0 Å². The minimum atomic E-state index is -3.77. The molecule has 0 saturated heterocycles. The van der Waals surface area contributed by atoms with Gasteiger partial charge in [-0.15, -0.1) is 0 Å². The van der Waals surface area contributed by atoms with E-state index >= 15 is 0 Å². The van der Waals surface area contributed by atoms with Crippen molar-refractivity contribution in [2.45, 2.75) is 30.2 Å². The maximum Gasteiger partial charge on any atom is 0.261 e. The fourth-order valence-electron chi connectivity index (χ4n) is 3.12. The van der Waals surface area contributed by atoms with Gasteiger partial charge in [0.05, 0.1) is 9.79 Å². The second kappa shape index (κ2) is 11.1. The fourth-order valence-corrected chi connectivity index (χ4v) is 5.08. The van der Waals surface area contributed by atoms with Crippen molar-refractivity contribution in [1.82, 2.24) is 9.62 Å². The van der Waals surface area contributed by atoms with E-state index in [2.05, 4.69) is 10.0 Å². The first-order valence-corrected chi connectivity index (χ1v) is 13.9. The van der Waals surface area contributed by atoms with Gasteiger partial charge < -0.3 is 10.1 Å². The lowest BCUT2D eigenvalue weighted by Gasteiger charge is -2.12. The van der Waals surface area contributed by atoms with Gasteiger partial charge >= 0.3 is 0 Å². The van der Waals surface area contributed by atoms with Crippen LogP contribution < -0.4 is 14.8 Å². The molecule has 0 aromatic heterocycles. The number of aryl methyl sites for hydroxylation is 2. The Labute approximate surface area is 212 Å². The minimum Gasteiger partial charge on any atom is -0.484 e. The maximum atomic E-state index is 12.7. The van der Waals surface area contributed by atoms with Crippen molar-refractivity contribution in [2.24, 2.45) is 0 Å². The number of anilines is 1. The summed E-state index contributed by atoms with van der Waals surface area (Å²) in [7, 11) is -4.37. The van der Waals surface area contributed by atoms with Crippen LogP contribution in [0.3, 0.4) is 0 Å². The smallest absolute Gasteiger partial charge is 0.261 e. The number of amides is 1. The van der Waals surface area contributed by atoms with E-state index < -0.39 is 20.0 Å². The summed E-state index contributed by atoms with van der Waals surface area (Å²) in [5, 5.41) is 2.69. The molecule has 192 valence electrons. The number of ether oxygens (including phenoxy) is 1. The molecular formula is C25H29N3O6S2. The molecule has 9 nitrogen and oxygen atoms in total. The van der Waals surface area contributed by atoms with Crippen molar-refractivity contribution < 1.29 is 26.4 Å². The molecule has 0 fully saturated rings. The van der Waals surface area contributed by atoms with E-state index in [1.807, 2.05) is 19.9 Å². The van der Waals surface area contributed by atoms with Gasteiger partial charge in [0, 0.05) is 26.3 Å². The van der Waals surface area contributed by atoms with Gasteiger partial charge in [0.15, 0.2) is 6.61 Å². The maximum absolute atomic E-state index is 12.7. The number of sulfonamides is 2. The van der Waals surface area contributed by atoms with Crippen molar-refractivity contribution in [3.63, 3.8) is 0 Å². The Morgan fingerprint density at radius 1 is 0.833 bits per heavy atom. The van der Waals surface area contributed by atoms with Crippen LogP contribution in [0.25, 0.3) is 0 Å². The highest BCUT2D eigenvalue weighted by Gasteiger charge is 2.17. The first-order chi connectivity index (χ1) is 16.9. The SMILES string of the molecule is Cc1ccc(NS(=O)(=O)c2ccc(OCC(=O)NCc3ccc(S(=O)(=O)N(C)C)cc3)cc2)cc1C. The van der Waals surface area contributed by atoms with E-state index in [4.69, 9.17) is 4.74 Å². The first kappa shape index (κ1) is 27.2. The highest BCUT2D eigenvalue weighted by atomic mass is 32.2. The standard InChI is InChI=1S/C25H29N3O6S2/c1-18-5-8-21(15-19(18)2)27-35(30,31)23-13-9-22(10-14-23)34-17-25(29)26-16-20-6-11-24(12-7-20)36(32,33)28(3)4/h5-15,27H,16-17H2,1-4H3,(H,26,29). The Morgan fingerprint density at radius 3 is 2.03 bits per heavy atom. The van der Waals surface area contributed by atoms with Gasteiger partial charge in [0.1, 0.15) is 5.75 Å². The lowest BCUT2D eigenvalue weighted by atomic mass is 10.1. The van der Waals surface area contributed by atoms with E-state index in [9.17, 15) is 21.6 Å². The van der Waals surface area contributed by atoms with Crippen LogP contribution in [0.2, 0.25) is 0 Å². The Kier molecular flexibility index (Phi) is 8.39. The molecule has 11 heteroatoms. The Balaban J connectivity index is 1.51. The molecule has 3 rings (SSSR count). The highest BCUT2D eigenvalue weighted by Crippen LogP contribution is 2.21. The summed E-state index contributed by atoms with van der Waals surface area (Å²) in [4.78, 5) is 12.4. The van der Waals surface area contributed by atoms with Crippen molar-refractivity contribution in [1.29, 1.82) is 0 Å². The summed E-state index contributed by atoms with van der Waals surface area (Å²) < 4.78 is 58.7. The minimum absolute atomic E-state index is 0.0669. The van der Waals surface area contributed by atoms with E-state index in [0.717, 1.165) is 21.0 Å². The van der Waals surface area contributed by atoms with Crippen LogP contribution in [-0.4, -0.2) is 47.8 Å². The van der Waals surface area contributed by atoms with Crippen LogP contribution in [0.4, 0.5) is 5.69 Å². The van der Waals surface area contributed by atoms with E-state index in [1.165, 1.54) is 50.5 Å². The molecule has 0 spiro atoms. The number of nitrogens with zero attached hydrogens (tertiary/aromatic N) is 1. The lowest BCUT2D eigenvalue weighted by molar-refractivity contribution is -0.123. The number of benzene rings is 3. The zero-order chi connectivity index (χ0) is 26.5. The molecule has 0 unspecified atom stereocenters. The molecule has 2 N–H and O–H groups in total. The van der Waals surface area contributed by atoms with Gasteiger partial charge in [0.25, 0.3) is 15.9 Å². The molecule has 1 amide bonds. The molecule has 0 radical (unpaired) electrons. The summed E-state index contributed by atoms with van der Waals surface area (Å²) in [6.07, 6.45) is 0. The van der Waals surface area contributed by atoms with Crippen molar-refractivity contribution in [3.8, 4) is 5.75 Å². The Bertz CT molecular complexity index is 1430. The third-order valence-corrected chi connectivity index (χ3v) is 8.68. The average molecular weight is 532 g/mol. The highest BCUT2D eigenvalue weighted by molar-refractivity contribution is 7.92. The molecule has 0 heterocycles. The number of hydrogen-bond acceptors (Lipinski definition) is 6. The summed E-state index contributed by atoms with van der Waals surface area (Å²) >= 11 is 0. The Morgan fingerprint density at radius 2 is 1.44 bits per heavy atom. The third kappa shape index (κ3) is 6.84. The second-order valence-electron chi connectivity index (χ2n) is 8.37. The number of nitrogens with one attached hydrogen (secondary N) is 2. The van der Waals surface area contributed by atoms with Gasteiger partial charge in [-0.25, -0.2) is 21.1 Å². The molecule has 0 bridgehead atoms. The molecule has 3 aromatic carbocycles. The van der Waals surface area contributed by atoms with Crippen LogP contribution in [-0.2, 0) is 31.4 Å². The zero-order valence-corrected chi connectivity index (χ0v) is 22.1.